The van der Waals surface area contributed by atoms with Gasteiger partial charge in [0.05, 0.1) is 12.1 Å². The first-order valence-electron chi connectivity index (χ1n) is 5.93. The molecule has 0 aromatic heterocycles. The topological polar surface area (TPSA) is 68.9 Å². The van der Waals surface area contributed by atoms with Gasteiger partial charge in [-0.25, -0.2) is 0 Å². The van der Waals surface area contributed by atoms with Crippen LogP contribution in [0.3, 0.4) is 0 Å². The maximum absolute atomic E-state index is 5.80. The molecule has 1 saturated heterocycles. The van der Waals surface area contributed by atoms with E-state index in [0.29, 0.717) is 18.5 Å². The van der Waals surface area contributed by atoms with E-state index in [1.165, 1.54) is 12.8 Å². The molecule has 1 aliphatic heterocycles. The third kappa shape index (κ3) is 3.09. The Morgan fingerprint density at radius 3 is 2.75 bits per heavy atom. The average Bonchev–Trinajstić information content (AvgIpc) is 3.12. The number of ether oxygens (including phenoxy) is 2. The van der Waals surface area contributed by atoms with Crippen LogP contribution in [0.4, 0.5) is 0 Å². The summed E-state index contributed by atoms with van der Waals surface area (Å²) < 4.78 is 10.9. The van der Waals surface area contributed by atoms with E-state index in [-0.39, 0.29) is 5.60 Å². The molecule has 3 N–H and O–H groups in total. The van der Waals surface area contributed by atoms with Crippen molar-refractivity contribution in [2.75, 3.05) is 26.9 Å². The van der Waals surface area contributed by atoms with Gasteiger partial charge in [-0.2, -0.15) is 0 Å². The maximum Gasteiger partial charge on any atom is 0.188 e. The minimum atomic E-state index is -0.173. The van der Waals surface area contributed by atoms with Crippen molar-refractivity contribution >= 4 is 5.96 Å². The van der Waals surface area contributed by atoms with Crippen LogP contribution in [0.1, 0.15) is 25.7 Å². The number of nitrogens with zero attached hydrogens (tertiary/aromatic N) is 1. The summed E-state index contributed by atoms with van der Waals surface area (Å²) in [5, 5.41) is 3.18. The molecule has 5 nitrogen and oxygen atoms in total. The summed E-state index contributed by atoms with van der Waals surface area (Å²) in [7, 11) is 1.74. The van der Waals surface area contributed by atoms with Crippen molar-refractivity contribution < 1.29 is 9.47 Å². The number of nitrogens with two attached hydrogens (primary N) is 1. The summed E-state index contributed by atoms with van der Waals surface area (Å²) in [5.74, 6) is 0.547. The van der Waals surface area contributed by atoms with Crippen LogP contribution in [0.5, 0.6) is 0 Å². The molecule has 0 atom stereocenters. The van der Waals surface area contributed by atoms with Gasteiger partial charge in [0.15, 0.2) is 5.96 Å². The molecule has 2 aliphatic rings. The molecule has 0 aromatic carbocycles. The molecule has 92 valence electrons. The molecule has 1 aliphatic carbocycles. The second-order valence-corrected chi connectivity index (χ2v) is 4.62. The van der Waals surface area contributed by atoms with Crippen molar-refractivity contribution in [3.63, 3.8) is 0 Å². The minimum absolute atomic E-state index is 0.173. The van der Waals surface area contributed by atoms with Gasteiger partial charge in [-0.15, -0.1) is 0 Å². The van der Waals surface area contributed by atoms with E-state index in [1.807, 2.05) is 0 Å². The number of nitrogens with one attached hydrogen (secondary N) is 1. The molecule has 0 aromatic rings. The zero-order valence-corrected chi connectivity index (χ0v) is 9.87. The number of guanidine groups is 1. The van der Waals surface area contributed by atoms with Crippen LogP contribution in [0, 0.1) is 0 Å². The Morgan fingerprint density at radius 2 is 2.19 bits per heavy atom. The van der Waals surface area contributed by atoms with Gasteiger partial charge < -0.3 is 20.5 Å². The van der Waals surface area contributed by atoms with Crippen LogP contribution < -0.4 is 11.1 Å². The van der Waals surface area contributed by atoms with Crippen LogP contribution >= 0.6 is 0 Å². The summed E-state index contributed by atoms with van der Waals surface area (Å²) in [4.78, 5) is 4.37. The second kappa shape index (κ2) is 5.01. The first-order chi connectivity index (χ1) is 7.74. The molecular formula is C11H21N3O2. The van der Waals surface area contributed by atoms with Crippen LogP contribution in [-0.2, 0) is 9.47 Å². The molecule has 5 heteroatoms. The zero-order valence-electron chi connectivity index (χ0n) is 9.87. The van der Waals surface area contributed by atoms with Crippen molar-refractivity contribution in [2.24, 2.45) is 10.7 Å². The van der Waals surface area contributed by atoms with Crippen molar-refractivity contribution in [2.45, 2.75) is 37.3 Å². The van der Waals surface area contributed by atoms with Gasteiger partial charge in [0.1, 0.15) is 0 Å². The Morgan fingerprint density at radius 1 is 1.50 bits per heavy atom. The molecule has 2 fully saturated rings. The Kier molecular flexibility index (Phi) is 3.66. The van der Waals surface area contributed by atoms with Gasteiger partial charge in [-0.3, -0.25) is 4.99 Å². The number of hydrogen-bond donors (Lipinski definition) is 2. The highest BCUT2D eigenvalue weighted by Crippen LogP contribution is 2.24. The van der Waals surface area contributed by atoms with Crippen molar-refractivity contribution in [1.82, 2.24) is 5.32 Å². The van der Waals surface area contributed by atoms with E-state index in [9.17, 15) is 0 Å². The molecule has 0 bridgehead atoms. The maximum atomic E-state index is 5.80. The molecule has 2 rings (SSSR count). The highest BCUT2D eigenvalue weighted by Gasteiger charge is 2.32. The number of hydrogen-bond acceptors (Lipinski definition) is 3. The molecule has 16 heavy (non-hydrogen) atoms. The third-order valence-corrected chi connectivity index (χ3v) is 3.30. The lowest BCUT2D eigenvalue weighted by Crippen LogP contribution is -2.43. The van der Waals surface area contributed by atoms with Gasteiger partial charge in [0, 0.05) is 39.2 Å². The molecule has 0 spiro atoms. The van der Waals surface area contributed by atoms with E-state index < -0.39 is 0 Å². The van der Waals surface area contributed by atoms with Crippen LogP contribution in [0.2, 0.25) is 0 Å². The smallest absolute Gasteiger partial charge is 0.188 e. The minimum Gasteiger partial charge on any atom is -0.381 e. The van der Waals surface area contributed by atoms with E-state index in [1.54, 1.807) is 7.11 Å². The lowest BCUT2D eigenvalue weighted by atomic mass is 9.94. The SMILES string of the molecule is COC1(CN=C(N)NC2CC2)CCOCC1. The van der Waals surface area contributed by atoms with E-state index in [2.05, 4.69) is 10.3 Å². The quantitative estimate of drug-likeness (QED) is 0.533. The van der Waals surface area contributed by atoms with Gasteiger partial charge in [-0.05, 0) is 12.8 Å². The largest absolute Gasteiger partial charge is 0.381 e. The molecular weight excluding hydrogens is 206 g/mol. The number of aliphatic imine (C=N–C) groups is 1. The molecule has 0 amide bonds. The summed E-state index contributed by atoms with van der Waals surface area (Å²) in [5.41, 5.74) is 5.62. The Bertz CT molecular complexity index is 258. The molecule has 0 unspecified atom stereocenters. The van der Waals surface area contributed by atoms with Crippen LogP contribution in [0.15, 0.2) is 4.99 Å². The van der Waals surface area contributed by atoms with Gasteiger partial charge in [0.25, 0.3) is 0 Å². The highest BCUT2D eigenvalue weighted by molar-refractivity contribution is 5.78. The Labute approximate surface area is 96.4 Å². The predicted octanol–water partition coefficient (Wildman–Crippen LogP) is 0.249. The average molecular weight is 227 g/mol. The first kappa shape index (κ1) is 11.7. The fourth-order valence-electron chi connectivity index (χ4n) is 1.88. The van der Waals surface area contributed by atoms with Crippen molar-refractivity contribution in [3.05, 3.63) is 0 Å². The van der Waals surface area contributed by atoms with Crippen molar-refractivity contribution in [1.29, 1.82) is 0 Å². The fourth-order valence-corrected chi connectivity index (χ4v) is 1.88. The lowest BCUT2D eigenvalue weighted by Gasteiger charge is -2.34. The highest BCUT2D eigenvalue weighted by atomic mass is 16.5. The van der Waals surface area contributed by atoms with Crippen LogP contribution in [0.25, 0.3) is 0 Å². The van der Waals surface area contributed by atoms with Crippen LogP contribution in [-0.4, -0.2) is 44.5 Å². The van der Waals surface area contributed by atoms with Crippen molar-refractivity contribution in [3.8, 4) is 0 Å². The predicted molar refractivity (Wildman–Crippen MR) is 62.4 cm³/mol. The molecule has 1 heterocycles. The summed E-state index contributed by atoms with van der Waals surface area (Å²) >= 11 is 0. The van der Waals surface area contributed by atoms with Gasteiger partial charge >= 0.3 is 0 Å². The zero-order chi connectivity index (χ0) is 11.4. The summed E-state index contributed by atoms with van der Waals surface area (Å²) in [6.45, 7) is 2.12. The monoisotopic (exact) mass is 227 g/mol. The van der Waals surface area contributed by atoms with Gasteiger partial charge in [0.2, 0.25) is 0 Å². The fraction of sp³-hybridized carbons (Fsp3) is 0.909. The molecule has 1 saturated carbocycles. The Hall–Kier alpha value is -0.810. The second-order valence-electron chi connectivity index (χ2n) is 4.62. The standard InChI is InChI=1S/C11H21N3O2/c1-15-11(4-6-16-7-5-11)8-13-10(12)14-9-2-3-9/h9H,2-8H2,1H3,(H3,12,13,14). The normalized spacial score (nSPS) is 25.4. The number of rotatable bonds is 4. The summed E-state index contributed by atoms with van der Waals surface area (Å²) in [6, 6.07) is 0.553. The molecule has 0 radical (unpaired) electrons. The summed E-state index contributed by atoms with van der Waals surface area (Å²) in [6.07, 6.45) is 4.20. The van der Waals surface area contributed by atoms with E-state index >= 15 is 0 Å². The van der Waals surface area contributed by atoms with E-state index in [4.69, 9.17) is 15.2 Å². The van der Waals surface area contributed by atoms with E-state index in [0.717, 1.165) is 26.1 Å². The first-order valence-corrected chi connectivity index (χ1v) is 5.93. The number of methoxy groups -OCH3 is 1. The van der Waals surface area contributed by atoms with Gasteiger partial charge in [-0.1, -0.05) is 0 Å². The third-order valence-electron chi connectivity index (χ3n) is 3.30. The Balaban J connectivity index is 1.84. The lowest BCUT2D eigenvalue weighted by molar-refractivity contribution is -0.0828.